The lowest BCUT2D eigenvalue weighted by atomic mass is 10.1. The number of aryl methyl sites for hydroxylation is 1. The van der Waals surface area contributed by atoms with Gasteiger partial charge in [-0.15, -0.1) is 0 Å². The molecule has 0 unspecified atom stereocenters. The molecule has 5 heteroatoms. The van der Waals surface area contributed by atoms with E-state index in [-0.39, 0.29) is 5.91 Å². The fourth-order valence-electron chi connectivity index (χ4n) is 2.44. The monoisotopic (exact) mass is 388 g/mol. The molecule has 2 aromatic carbocycles. The molecule has 3 rings (SSSR count). The first-order chi connectivity index (χ1) is 11.0. The molecule has 1 heterocycles. The number of carbonyl (C=O) groups excluding carboxylic acids is 1. The second kappa shape index (κ2) is 6.69. The molecule has 1 N–H and O–H groups in total. The molecule has 0 atom stereocenters. The van der Waals surface area contributed by atoms with Gasteiger partial charge in [0.1, 0.15) is 0 Å². The van der Waals surface area contributed by atoms with Gasteiger partial charge in [0.2, 0.25) is 0 Å². The topological polar surface area (TPSA) is 42.0 Å². The highest BCUT2D eigenvalue weighted by molar-refractivity contribution is 9.10. The Morgan fingerprint density at radius 2 is 2.04 bits per heavy atom. The summed E-state index contributed by atoms with van der Waals surface area (Å²) in [5.41, 5.74) is 3.20. The van der Waals surface area contributed by atoms with Crippen LogP contribution in [-0.4, -0.2) is 10.9 Å². The van der Waals surface area contributed by atoms with E-state index in [9.17, 15) is 4.79 Å². The van der Waals surface area contributed by atoms with Crippen LogP contribution >= 0.6 is 27.5 Å². The summed E-state index contributed by atoms with van der Waals surface area (Å²) in [5.74, 6) is -0.126. The Kier molecular flexibility index (Phi) is 4.64. The van der Waals surface area contributed by atoms with E-state index in [1.54, 1.807) is 0 Å². The highest BCUT2D eigenvalue weighted by atomic mass is 79.9. The molecule has 0 saturated carbocycles. The van der Waals surface area contributed by atoms with Gasteiger partial charge in [-0.05, 0) is 48.9 Å². The lowest BCUT2D eigenvalue weighted by molar-refractivity contribution is 0.0952. The second-order valence-corrected chi connectivity index (χ2v) is 6.64. The molecule has 0 spiro atoms. The average molecular weight is 390 g/mol. The summed E-state index contributed by atoms with van der Waals surface area (Å²) in [4.78, 5) is 17.1. The molecular weight excluding hydrogens is 376 g/mol. The van der Waals surface area contributed by atoms with Crippen LogP contribution in [0.4, 0.5) is 0 Å². The standard InChI is InChI=1S/C18H14BrClN2O/c1-11-7-16(15-9-13(19)5-6-17(15)22-11)18(23)21-10-12-3-2-4-14(20)8-12/h2-9H,10H2,1H3,(H,21,23). The Morgan fingerprint density at radius 3 is 2.83 bits per heavy atom. The van der Waals surface area contributed by atoms with E-state index in [0.29, 0.717) is 17.1 Å². The van der Waals surface area contributed by atoms with Gasteiger partial charge >= 0.3 is 0 Å². The minimum Gasteiger partial charge on any atom is -0.348 e. The first kappa shape index (κ1) is 16.0. The predicted octanol–water partition coefficient (Wildman–Crippen LogP) is 4.89. The highest BCUT2D eigenvalue weighted by Crippen LogP contribution is 2.23. The molecule has 0 fully saturated rings. The molecule has 23 heavy (non-hydrogen) atoms. The maximum atomic E-state index is 12.6. The molecule has 0 saturated heterocycles. The molecule has 0 bridgehead atoms. The molecule has 1 aromatic heterocycles. The number of nitrogens with one attached hydrogen (secondary N) is 1. The van der Waals surface area contributed by atoms with Crippen LogP contribution in [0.3, 0.4) is 0 Å². The summed E-state index contributed by atoms with van der Waals surface area (Å²) in [6, 6.07) is 15.0. The van der Waals surface area contributed by atoms with Crippen molar-refractivity contribution in [3.05, 3.63) is 74.8 Å². The van der Waals surface area contributed by atoms with Crippen LogP contribution in [0.15, 0.2) is 53.0 Å². The Hall–Kier alpha value is -1.91. The summed E-state index contributed by atoms with van der Waals surface area (Å²) >= 11 is 9.41. The molecular formula is C18H14BrClN2O. The third kappa shape index (κ3) is 3.71. The number of rotatable bonds is 3. The Labute approximate surface area is 147 Å². The zero-order valence-corrected chi connectivity index (χ0v) is 14.8. The number of fused-ring (bicyclic) bond motifs is 1. The van der Waals surface area contributed by atoms with Gasteiger partial charge in [-0.3, -0.25) is 9.78 Å². The summed E-state index contributed by atoms with van der Waals surface area (Å²) in [5, 5.41) is 4.43. The first-order valence-electron chi connectivity index (χ1n) is 7.12. The van der Waals surface area contributed by atoms with Crippen molar-refractivity contribution in [3.8, 4) is 0 Å². The van der Waals surface area contributed by atoms with E-state index in [0.717, 1.165) is 26.6 Å². The van der Waals surface area contributed by atoms with Crippen LogP contribution in [0.2, 0.25) is 5.02 Å². The van der Waals surface area contributed by atoms with Gasteiger partial charge in [0, 0.05) is 27.1 Å². The molecule has 0 aliphatic rings. The van der Waals surface area contributed by atoms with E-state index in [1.165, 1.54) is 0 Å². The van der Waals surface area contributed by atoms with Crippen molar-refractivity contribution < 1.29 is 4.79 Å². The minimum absolute atomic E-state index is 0.126. The number of carbonyl (C=O) groups is 1. The van der Waals surface area contributed by atoms with Gasteiger partial charge in [-0.25, -0.2) is 0 Å². The lowest BCUT2D eigenvalue weighted by Gasteiger charge is -2.10. The quantitative estimate of drug-likeness (QED) is 0.693. The van der Waals surface area contributed by atoms with Crippen molar-refractivity contribution in [2.24, 2.45) is 0 Å². The van der Waals surface area contributed by atoms with E-state index < -0.39 is 0 Å². The van der Waals surface area contributed by atoms with Gasteiger partial charge < -0.3 is 5.32 Å². The van der Waals surface area contributed by atoms with Gasteiger partial charge in [-0.2, -0.15) is 0 Å². The van der Waals surface area contributed by atoms with Crippen LogP contribution in [0.1, 0.15) is 21.6 Å². The molecule has 0 radical (unpaired) electrons. The van der Waals surface area contributed by atoms with Crippen molar-refractivity contribution in [2.75, 3.05) is 0 Å². The smallest absolute Gasteiger partial charge is 0.252 e. The number of hydrogen-bond donors (Lipinski definition) is 1. The first-order valence-corrected chi connectivity index (χ1v) is 8.29. The van der Waals surface area contributed by atoms with E-state index in [1.807, 2.05) is 55.5 Å². The number of pyridine rings is 1. The number of nitrogens with zero attached hydrogens (tertiary/aromatic N) is 1. The fourth-order valence-corrected chi connectivity index (χ4v) is 3.02. The summed E-state index contributed by atoms with van der Waals surface area (Å²) in [6.07, 6.45) is 0. The van der Waals surface area contributed by atoms with Crippen LogP contribution in [0.5, 0.6) is 0 Å². The SMILES string of the molecule is Cc1cc(C(=O)NCc2cccc(Cl)c2)c2cc(Br)ccc2n1. The zero-order chi connectivity index (χ0) is 16.4. The van der Waals surface area contributed by atoms with Crippen molar-refractivity contribution in [1.82, 2.24) is 10.3 Å². The number of benzene rings is 2. The Balaban J connectivity index is 1.90. The molecule has 0 aliphatic heterocycles. The largest absolute Gasteiger partial charge is 0.348 e. The summed E-state index contributed by atoms with van der Waals surface area (Å²) in [6.45, 7) is 2.31. The van der Waals surface area contributed by atoms with Crippen molar-refractivity contribution >= 4 is 44.3 Å². The van der Waals surface area contributed by atoms with Crippen LogP contribution in [-0.2, 0) is 6.54 Å². The highest BCUT2D eigenvalue weighted by Gasteiger charge is 2.12. The van der Waals surface area contributed by atoms with Crippen molar-refractivity contribution in [2.45, 2.75) is 13.5 Å². The molecule has 0 aliphatic carbocycles. The normalized spacial score (nSPS) is 10.7. The van der Waals surface area contributed by atoms with E-state index >= 15 is 0 Å². The summed E-state index contributed by atoms with van der Waals surface area (Å²) < 4.78 is 0.916. The van der Waals surface area contributed by atoms with Crippen LogP contribution in [0, 0.1) is 6.92 Å². The third-order valence-corrected chi connectivity index (χ3v) is 4.21. The molecule has 3 aromatic rings. The number of amides is 1. The number of aromatic nitrogens is 1. The zero-order valence-electron chi connectivity index (χ0n) is 12.4. The fraction of sp³-hybridized carbons (Fsp3) is 0.111. The van der Waals surface area contributed by atoms with Gasteiger partial charge in [0.25, 0.3) is 5.91 Å². The Morgan fingerprint density at radius 1 is 1.22 bits per heavy atom. The van der Waals surface area contributed by atoms with E-state index in [4.69, 9.17) is 11.6 Å². The van der Waals surface area contributed by atoms with Gasteiger partial charge in [0.15, 0.2) is 0 Å². The Bertz CT molecular complexity index is 895. The molecule has 3 nitrogen and oxygen atoms in total. The maximum Gasteiger partial charge on any atom is 0.252 e. The average Bonchev–Trinajstić information content (AvgIpc) is 2.52. The molecule has 1 amide bonds. The number of hydrogen-bond acceptors (Lipinski definition) is 2. The van der Waals surface area contributed by atoms with E-state index in [2.05, 4.69) is 26.2 Å². The second-order valence-electron chi connectivity index (χ2n) is 5.29. The third-order valence-electron chi connectivity index (χ3n) is 3.49. The van der Waals surface area contributed by atoms with Crippen molar-refractivity contribution in [3.63, 3.8) is 0 Å². The van der Waals surface area contributed by atoms with Crippen LogP contribution < -0.4 is 5.32 Å². The lowest BCUT2D eigenvalue weighted by Crippen LogP contribution is -2.23. The summed E-state index contributed by atoms with van der Waals surface area (Å²) in [7, 11) is 0. The van der Waals surface area contributed by atoms with Crippen molar-refractivity contribution in [1.29, 1.82) is 0 Å². The minimum atomic E-state index is -0.126. The van der Waals surface area contributed by atoms with Gasteiger partial charge in [0.05, 0.1) is 11.1 Å². The van der Waals surface area contributed by atoms with Gasteiger partial charge in [-0.1, -0.05) is 39.7 Å². The molecule has 116 valence electrons. The number of halogens is 2. The maximum absolute atomic E-state index is 12.6. The van der Waals surface area contributed by atoms with Crippen LogP contribution in [0.25, 0.3) is 10.9 Å². The predicted molar refractivity (Wildman–Crippen MR) is 96.8 cm³/mol.